The van der Waals surface area contributed by atoms with Crippen LogP contribution in [-0.2, 0) is 16.6 Å². The molecule has 0 saturated heterocycles. The van der Waals surface area contributed by atoms with Gasteiger partial charge in [0, 0.05) is 0 Å². The fourth-order valence-electron chi connectivity index (χ4n) is 2.64. The van der Waals surface area contributed by atoms with Crippen LogP contribution in [0.4, 0.5) is 5.69 Å². The summed E-state index contributed by atoms with van der Waals surface area (Å²) in [5.41, 5.74) is 1.92. The van der Waals surface area contributed by atoms with E-state index in [0.29, 0.717) is 11.3 Å². The Kier molecular flexibility index (Phi) is 5.32. The maximum atomic E-state index is 12.8. The molecule has 140 valence electrons. The SMILES string of the molecule is Cc1ccc(C)c(S(=O)(=O)Nc2ccccc2C(=O)NCc2ccco2)c1. The molecule has 0 bridgehead atoms. The van der Waals surface area contributed by atoms with E-state index in [-0.39, 0.29) is 22.7 Å². The number of carbonyl (C=O) groups excluding carboxylic acids is 1. The topological polar surface area (TPSA) is 88.4 Å². The first-order valence-electron chi connectivity index (χ1n) is 8.36. The predicted molar refractivity (Wildman–Crippen MR) is 103 cm³/mol. The Morgan fingerprint density at radius 3 is 2.56 bits per heavy atom. The van der Waals surface area contributed by atoms with E-state index in [1.54, 1.807) is 55.5 Å². The largest absolute Gasteiger partial charge is 0.467 e. The number of sulfonamides is 1. The molecule has 2 aromatic carbocycles. The van der Waals surface area contributed by atoms with E-state index in [1.807, 2.05) is 13.0 Å². The van der Waals surface area contributed by atoms with Crippen molar-refractivity contribution < 1.29 is 17.6 Å². The standard InChI is InChI=1S/C20H20N2O4S/c1-14-9-10-15(2)19(12-14)27(24,25)22-18-8-4-3-7-17(18)20(23)21-13-16-6-5-11-26-16/h3-12,22H,13H2,1-2H3,(H,21,23). The van der Waals surface area contributed by atoms with E-state index < -0.39 is 15.9 Å². The second-order valence-electron chi connectivity index (χ2n) is 6.18. The number of aryl methyl sites for hydroxylation is 2. The minimum absolute atomic E-state index is 0.188. The maximum Gasteiger partial charge on any atom is 0.262 e. The molecule has 7 heteroatoms. The van der Waals surface area contributed by atoms with Gasteiger partial charge < -0.3 is 9.73 Å². The van der Waals surface area contributed by atoms with Gasteiger partial charge in [0.25, 0.3) is 15.9 Å². The van der Waals surface area contributed by atoms with Crippen LogP contribution in [0.1, 0.15) is 27.2 Å². The van der Waals surface area contributed by atoms with Gasteiger partial charge in [-0.3, -0.25) is 9.52 Å². The fraction of sp³-hybridized carbons (Fsp3) is 0.150. The second kappa shape index (κ2) is 7.67. The Balaban J connectivity index is 1.85. The van der Waals surface area contributed by atoms with Crippen LogP contribution in [-0.4, -0.2) is 14.3 Å². The van der Waals surface area contributed by atoms with Gasteiger partial charge in [-0.25, -0.2) is 8.42 Å². The average molecular weight is 384 g/mol. The number of furan rings is 1. The third kappa shape index (κ3) is 4.38. The molecular weight excluding hydrogens is 364 g/mol. The van der Waals surface area contributed by atoms with Crippen LogP contribution in [0.2, 0.25) is 0 Å². The van der Waals surface area contributed by atoms with Crippen molar-refractivity contribution in [1.82, 2.24) is 5.32 Å². The van der Waals surface area contributed by atoms with Crippen molar-refractivity contribution in [2.75, 3.05) is 4.72 Å². The van der Waals surface area contributed by atoms with Gasteiger partial charge in [0.15, 0.2) is 0 Å². The minimum Gasteiger partial charge on any atom is -0.467 e. The minimum atomic E-state index is -3.83. The lowest BCUT2D eigenvalue weighted by Gasteiger charge is -2.14. The van der Waals surface area contributed by atoms with Crippen LogP contribution in [0.15, 0.2) is 70.2 Å². The lowest BCUT2D eigenvalue weighted by Crippen LogP contribution is -2.25. The zero-order chi connectivity index (χ0) is 19.4. The zero-order valence-corrected chi connectivity index (χ0v) is 15.8. The van der Waals surface area contributed by atoms with Crippen molar-refractivity contribution in [3.63, 3.8) is 0 Å². The number of carbonyl (C=O) groups is 1. The van der Waals surface area contributed by atoms with Crippen LogP contribution < -0.4 is 10.0 Å². The Hall–Kier alpha value is -3.06. The third-order valence-electron chi connectivity index (χ3n) is 4.05. The van der Waals surface area contributed by atoms with Crippen LogP contribution >= 0.6 is 0 Å². The molecule has 0 aliphatic carbocycles. The lowest BCUT2D eigenvalue weighted by molar-refractivity contribution is 0.0949. The monoisotopic (exact) mass is 384 g/mol. The normalized spacial score (nSPS) is 11.2. The molecular formula is C20H20N2O4S. The summed E-state index contributed by atoms with van der Waals surface area (Å²) in [4.78, 5) is 12.7. The number of benzene rings is 2. The van der Waals surface area contributed by atoms with Crippen LogP contribution in [0.5, 0.6) is 0 Å². The molecule has 1 aromatic heterocycles. The van der Waals surface area contributed by atoms with E-state index in [4.69, 9.17) is 4.42 Å². The summed E-state index contributed by atoms with van der Waals surface area (Å²) in [5, 5.41) is 2.72. The van der Waals surface area contributed by atoms with Crippen molar-refractivity contribution in [2.24, 2.45) is 0 Å². The highest BCUT2D eigenvalue weighted by Gasteiger charge is 2.20. The van der Waals surface area contributed by atoms with Crippen molar-refractivity contribution in [2.45, 2.75) is 25.3 Å². The van der Waals surface area contributed by atoms with Gasteiger partial charge in [0.2, 0.25) is 0 Å². The van der Waals surface area contributed by atoms with Crippen molar-refractivity contribution in [1.29, 1.82) is 0 Å². The van der Waals surface area contributed by atoms with E-state index in [0.717, 1.165) is 5.56 Å². The Labute approximate surface area is 158 Å². The van der Waals surface area contributed by atoms with E-state index in [9.17, 15) is 13.2 Å². The molecule has 0 fully saturated rings. The van der Waals surface area contributed by atoms with Crippen LogP contribution in [0.25, 0.3) is 0 Å². The molecule has 3 aromatic rings. The highest BCUT2D eigenvalue weighted by Crippen LogP contribution is 2.23. The molecule has 2 N–H and O–H groups in total. The fourth-order valence-corrected chi connectivity index (χ4v) is 4.05. The summed E-state index contributed by atoms with van der Waals surface area (Å²) in [6, 6.07) is 15.2. The van der Waals surface area contributed by atoms with Crippen molar-refractivity contribution in [3.8, 4) is 0 Å². The molecule has 0 aliphatic heterocycles. The summed E-state index contributed by atoms with van der Waals surface area (Å²) >= 11 is 0. The van der Waals surface area contributed by atoms with Crippen molar-refractivity contribution >= 4 is 21.6 Å². The number of hydrogen-bond donors (Lipinski definition) is 2. The number of anilines is 1. The highest BCUT2D eigenvalue weighted by atomic mass is 32.2. The summed E-state index contributed by atoms with van der Waals surface area (Å²) in [7, 11) is -3.83. The van der Waals surface area contributed by atoms with Crippen LogP contribution in [0.3, 0.4) is 0 Å². The summed E-state index contributed by atoms with van der Waals surface area (Å²) in [6.45, 7) is 3.77. The molecule has 3 rings (SSSR count). The summed E-state index contributed by atoms with van der Waals surface area (Å²) in [5.74, 6) is 0.211. The molecule has 0 spiro atoms. The molecule has 0 radical (unpaired) electrons. The Morgan fingerprint density at radius 1 is 1.04 bits per heavy atom. The van der Waals surface area contributed by atoms with Gasteiger partial charge in [0.1, 0.15) is 5.76 Å². The number of rotatable bonds is 6. The summed E-state index contributed by atoms with van der Waals surface area (Å²) < 4.78 is 33.4. The van der Waals surface area contributed by atoms with Crippen LogP contribution in [0, 0.1) is 13.8 Å². The smallest absolute Gasteiger partial charge is 0.262 e. The predicted octanol–water partition coefficient (Wildman–Crippen LogP) is 3.63. The lowest BCUT2D eigenvalue weighted by atomic mass is 10.1. The molecule has 6 nitrogen and oxygen atoms in total. The van der Waals surface area contributed by atoms with Gasteiger partial charge in [0.05, 0.1) is 29.0 Å². The van der Waals surface area contributed by atoms with Gasteiger partial charge >= 0.3 is 0 Å². The van der Waals surface area contributed by atoms with E-state index >= 15 is 0 Å². The van der Waals surface area contributed by atoms with Gasteiger partial charge in [-0.15, -0.1) is 0 Å². The van der Waals surface area contributed by atoms with E-state index in [1.165, 1.54) is 6.26 Å². The number of hydrogen-bond acceptors (Lipinski definition) is 4. The molecule has 0 saturated carbocycles. The highest BCUT2D eigenvalue weighted by molar-refractivity contribution is 7.92. The maximum absolute atomic E-state index is 12.8. The van der Waals surface area contributed by atoms with Gasteiger partial charge in [-0.1, -0.05) is 24.3 Å². The zero-order valence-electron chi connectivity index (χ0n) is 15.0. The quantitative estimate of drug-likeness (QED) is 0.679. The first-order valence-corrected chi connectivity index (χ1v) is 9.85. The number of para-hydroxylation sites is 1. The first-order chi connectivity index (χ1) is 12.9. The van der Waals surface area contributed by atoms with E-state index in [2.05, 4.69) is 10.0 Å². The van der Waals surface area contributed by atoms with Gasteiger partial charge in [-0.2, -0.15) is 0 Å². The molecule has 27 heavy (non-hydrogen) atoms. The van der Waals surface area contributed by atoms with Gasteiger partial charge in [-0.05, 0) is 55.3 Å². The average Bonchev–Trinajstić information content (AvgIpc) is 3.15. The summed E-state index contributed by atoms with van der Waals surface area (Å²) in [6.07, 6.45) is 1.52. The number of amides is 1. The molecule has 1 heterocycles. The third-order valence-corrected chi connectivity index (χ3v) is 5.56. The molecule has 0 aliphatic rings. The Morgan fingerprint density at radius 2 is 1.81 bits per heavy atom. The van der Waals surface area contributed by atoms with Crippen molar-refractivity contribution in [3.05, 3.63) is 83.3 Å². The molecule has 0 unspecified atom stereocenters. The molecule has 1 amide bonds. The number of nitrogens with one attached hydrogen (secondary N) is 2. The first kappa shape index (κ1) is 18.7. The Bertz CT molecular complexity index is 1060. The second-order valence-corrected chi connectivity index (χ2v) is 7.83. The molecule has 0 atom stereocenters.